The number of hydrogen-bond donors (Lipinski definition) is 0. The van der Waals surface area contributed by atoms with E-state index in [4.69, 9.17) is 4.74 Å². The van der Waals surface area contributed by atoms with E-state index in [0.29, 0.717) is 25.3 Å². The molecule has 1 heterocycles. The van der Waals surface area contributed by atoms with Crippen LogP contribution < -0.4 is 0 Å². The van der Waals surface area contributed by atoms with E-state index in [1.165, 1.54) is 7.11 Å². The van der Waals surface area contributed by atoms with E-state index in [1.807, 2.05) is 11.8 Å². The van der Waals surface area contributed by atoms with Gasteiger partial charge in [-0.2, -0.15) is 0 Å². The Labute approximate surface area is 114 Å². The van der Waals surface area contributed by atoms with Crippen molar-refractivity contribution in [3.63, 3.8) is 0 Å². The zero-order valence-corrected chi connectivity index (χ0v) is 12.1. The second kappa shape index (κ2) is 5.49. The van der Waals surface area contributed by atoms with Gasteiger partial charge >= 0.3 is 5.97 Å². The van der Waals surface area contributed by atoms with Crippen LogP contribution in [0.25, 0.3) is 0 Å². The van der Waals surface area contributed by atoms with Crippen LogP contribution in [0.15, 0.2) is 0 Å². The van der Waals surface area contributed by atoms with Crippen LogP contribution in [-0.2, 0) is 14.3 Å². The molecule has 108 valence electrons. The second-order valence-electron chi connectivity index (χ2n) is 5.83. The Bertz CT molecular complexity index is 366. The van der Waals surface area contributed by atoms with Gasteiger partial charge in [0.25, 0.3) is 0 Å². The first kappa shape index (κ1) is 14.3. The molecule has 2 rings (SSSR count). The Hall–Kier alpha value is -1.10. The van der Waals surface area contributed by atoms with Crippen LogP contribution in [0.3, 0.4) is 0 Å². The molecule has 0 aromatic heterocycles. The normalized spacial score (nSPS) is 25.1. The summed E-state index contributed by atoms with van der Waals surface area (Å²) in [4.78, 5) is 28.4. The Morgan fingerprint density at radius 2 is 2.11 bits per heavy atom. The van der Waals surface area contributed by atoms with Gasteiger partial charge in [-0.05, 0) is 45.7 Å². The third-order valence-corrected chi connectivity index (χ3v) is 4.37. The summed E-state index contributed by atoms with van der Waals surface area (Å²) >= 11 is 0. The molecule has 1 aliphatic carbocycles. The Morgan fingerprint density at radius 3 is 2.53 bits per heavy atom. The van der Waals surface area contributed by atoms with Crippen molar-refractivity contribution in [2.75, 3.05) is 40.3 Å². The highest BCUT2D eigenvalue weighted by Crippen LogP contribution is 2.48. The predicted octanol–water partition coefficient (Wildman–Crippen LogP) is 0.740. The molecule has 0 N–H and O–H groups in total. The standard InChI is InChI=1S/C14H24N2O3/c1-4-16(10-11-5-8-15(2)9-11)12(17)14(6-7-14)13(18)19-3/h11H,4-10H2,1-3H3/t11-/m0/s1. The van der Waals surface area contributed by atoms with E-state index >= 15 is 0 Å². The van der Waals surface area contributed by atoms with Crippen molar-refractivity contribution in [1.29, 1.82) is 0 Å². The lowest BCUT2D eigenvalue weighted by Crippen LogP contribution is -2.43. The van der Waals surface area contributed by atoms with Gasteiger partial charge in [0.2, 0.25) is 5.91 Å². The van der Waals surface area contributed by atoms with Crippen LogP contribution in [0.2, 0.25) is 0 Å². The number of ether oxygens (including phenoxy) is 1. The van der Waals surface area contributed by atoms with E-state index in [-0.39, 0.29) is 11.9 Å². The molecular weight excluding hydrogens is 244 g/mol. The summed E-state index contributed by atoms with van der Waals surface area (Å²) < 4.78 is 4.79. The number of hydrogen-bond acceptors (Lipinski definition) is 4. The minimum absolute atomic E-state index is 0.0311. The molecule has 0 unspecified atom stereocenters. The smallest absolute Gasteiger partial charge is 0.321 e. The minimum Gasteiger partial charge on any atom is -0.468 e. The fourth-order valence-electron chi connectivity index (χ4n) is 2.97. The molecule has 1 saturated heterocycles. The molecule has 0 bridgehead atoms. The lowest BCUT2D eigenvalue weighted by Gasteiger charge is -2.27. The summed E-state index contributed by atoms with van der Waals surface area (Å²) in [6, 6.07) is 0. The number of nitrogens with zero attached hydrogens (tertiary/aromatic N) is 2. The molecule has 5 heteroatoms. The average molecular weight is 268 g/mol. The third kappa shape index (κ3) is 2.76. The summed E-state index contributed by atoms with van der Waals surface area (Å²) in [6.07, 6.45) is 2.41. The van der Waals surface area contributed by atoms with Crippen LogP contribution in [0, 0.1) is 11.3 Å². The monoisotopic (exact) mass is 268 g/mol. The maximum Gasteiger partial charge on any atom is 0.321 e. The van der Waals surface area contributed by atoms with Gasteiger partial charge in [0, 0.05) is 19.6 Å². The van der Waals surface area contributed by atoms with E-state index in [9.17, 15) is 9.59 Å². The maximum absolute atomic E-state index is 12.5. The maximum atomic E-state index is 12.5. The lowest BCUT2D eigenvalue weighted by molar-refractivity contribution is -0.156. The van der Waals surface area contributed by atoms with Crippen LogP contribution in [0.1, 0.15) is 26.2 Å². The quantitative estimate of drug-likeness (QED) is 0.545. The van der Waals surface area contributed by atoms with Gasteiger partial charge in [-0.15, -0.1) is 0 Å². The number of carbonyl (C=O) groups is 2. The molecule has 1 amide bonds. The molecule has 2 fully saturated rings. The largest absolute Gasteiger partial charge is 0.468 e. The van der Waals surface area contributed by atoms with Crippen molar-refractivity contribution in [3.8, 4) is 0 Å². The number of amides is 1. The summed E-state index contributed by atoms with van der Waals surface area (Å²) in [5, 5.41) is 0. The molecule has 0 aromatic carbocycles. The second-order valence-corrected chi connectivity index (χ2v) is 5.83. The molecule has 5 nitrogen and oxygen atoms in total. The van der Waals surface area contributed by atoms with Crippen LogP contribution in [0.5, 0.6) is 0 Å². The van der Waals surface area contributed by atoms with Gasteiger partial charge in [0.1, 0.15) is 5.41 Å². The Kier molecular flexibility index (Phi) is 4.13. The highest BCUT2D eigenvalue weighted by atomic mass is 16.5. The van der Waals surface area contributed by atoms with Crippen LogP contribution in [-0.4, -0.2) is 62.0 Å². The molecule has 2 aliphatic rings. The number of carbonyl (C=O) groups excluding carboxylic acids is 2. The summed E-state index contributed by atoms with van der Waals surface area (Å²) in [7, 11) is 3.47. The molecule has 1 aliphatic heterocycles. The van der Waals surface area contributed by atoms with Crippen molar-refractivity contribution in [2.24, 2.45) is 11.3 Å². The molecule has 0 radical (unpaired) electrons. The van der Waals surface area contributed by atoms with Crippen molar-refractivity contribution in [2.45, 2.75) is 26.2 Å². The number of rotatable bonds is 5. The average Bonchev–Trinajstić information content (AvgIpc) is 3.13. The SMILES string of the molecule is CCN(C[C@H]1CCN(C)C1)C(=O)C1(C(=O)OC)CC1. The first-order valence-electron chi connectivity index (χ1n) is 7.10. The molecule has 19 heavy (non-hydrogen) atoms. The van der Waals surface area contributed by atoms with Gasteiger partial charge in [0.15, 0.2) is 0 Å². The topological polar surface area (TPSA) is 49.9 Å². The third-order valence-electron chi connectivity index (χ3n) is 4.37. The fraction of sp³-hybridized carbons (Fsp3) is 0.857. The van der Waals surface area contributed by atoms with Gasteiger partial charge in [-0.3, -0.25) is 9.59 Å². The molecule has 1 atom stereocenters. The first-order chi connectivity index (χ1) is 9.03. The summed E-state index contributed by atoms with van der Waals surface area (Å²) in [5.74, 6) is 0.137. The molecule has 0 aromatic rings. The highest BCUT2D eigenvalue weighted by Gasteiger charge is 2.59. The van der Waals surface area contributed by atoms with Crippen molar-refractivity contribution >= 4 is 11.9 Å². The number of likely N-dealkylation sites (tertiary alicyclic amines) is 1. The van der Waals surface area contributed by atoms with Crippen molar-refractivity contribution in [1.82, 2.24) is 9.80 Å². The van der Waals surface area contributed by atoms with Crippen LogP contribution in [0.4, 0.5) is 0 Å². The summed E-state index contributed by atoms with van der Waals surface area (Å²) in [5.41, 5.74) is -0.852. The zero-order chi connectivity index (χ0) is 14.0. The first-order valence-corrected chi connectivity index (χ1v) is 7.10. The van der Waals surface area contributed by atoms with E-state index < -0.39 is 5.41 Å². The minimum atomic E-state index is -0.852. The van der Waals surface area contributed by atoms with E-state index in [1.54, 1.807) is 0 Å². The fourth-order valence-corrected chi connectivity index (χ4v) is 2.97. The number of methoxy groups -OCH3 is 1. The Balaban J connectivity index is 1.98. The van der Waals surface area contributed by atoms with Gasteiger partial charge < -0.3 is 14.5 Å². The van der Waals surface area contributed by atoms with E-state index in [2.05, 4.69) is 11.9 Å². The van der Waals surface area contributed by atoms with Crippen molar-refractivity contribution in [3.05, 3.63) is 0 Å². The van der Waals surface area contributed by atoms with Crippen LogP contribution >= 0.6 is 0 Å². The van der Waals surface area contributed by atoms with Gasteiger partial charge in [0.05, 0.1) is 7.11 Å². The van der Waals surface area contributed by atoms with E-state index in [0.717, 1.165) is 26.1 Å². The molecule has 1 saturated carbocycles. The Morgan fingerprint density at radius 1 is 1.42 bits per heavy atom. The highest BCUT2D eigenvalue weighted by molar-refractivity contribution is 6.05. The number of esters is 1. The van der Waals surface area contributed by atoms with Gasteiger partial charge in [-0.1, -0.05) is 0 Å². The van der Waals surface area contributed by atoms with Gasteiger partial charge in [-0.25, -0.2) is 0 Å². The predicted molar refractivity (Wildman–Crippen MR) is 71.5 cm³/mol. The summed E-state index contributed by atoms with van der Waals surface area (Å²) in [6.45, 7) is 5.54. The molecular formula is C14H24N2O3. The zero-order valence-electron chi connectivity index (χ0n) is 12.1. The van der Waals surface area contributed by atoms with Crippen molar-refractivity contribution < 1.29 is 14.3 Å². The molecule has 0 spiro atoms. The lowest BCUT2D eigenvalue weighted by atomic mass is 10.0.